The summed E-state index contributed by atoms with van der Waals surface area (Å²) >= 11 is 0. The number of urea groups is 1. The van der Waals surface area contributed by atoms with Crippen LogP contribution < -0.4 is 0 Å². The van der Waals surface area contributed by atoms with Crippen molar-refractivity contribution < 1.29 is 19.2 Å². The lowest BCUT2D eigenvalue weighted by atomic mass is 9.70. The van der Waals surface area contributed by atoms with Gasteiger partial charge in [-0.1, -0.05) is 0 Å². The summed E-state index contributed by atoms with van der Waals surface area (Å²) in [5.41, 5.74) is -1.19. The molecule has 6 nitrogen and oxygen atoms in total. The van der Waals surface area contributed by atoms with Gasteiger partial charge in [-0.2, -0.15) is 0 Å². The van der Waals surface area contributed by atoms with Crippen molar-refractivity contribution >= 4 is 23.6 Å². The van der Waals surface area contributed by atoms with Crippen LogP contribution in [0.5, 0.6) is 0 Å². The van der Waals surface area contributed by atoms with Gasteiger partial charge >= 0.3 is 6.03 Å². The first-order valence-electron chi connectivity index (χ1n) is 5.52. The summed E-state index contributed by atoms with van der Waals surface area (Å²) in [5, 5.41) is 0. The summed E-state index contributed by atoms with van der Waals surface area (Å²) < 4.78 is 0. The van der Waals surface area contributed by atoms with Gasteiger partial charge in [0.2, 0.25) is 11.8 Å². The topological polar surface area (TPSA) is 74.8 Å². The van der Waals surface area contributed by atoms with Crippen molar-refractivity contribution in [1.29, 1.82) is 0 Å². The highest BCUT2D eigenvalue weighted by molar-refractivity contribution is 6.19. The van der Waals surface area contributed by atoms with E-state index in [1.165, 1.54) is 14.1 Å². The first-order valence-corrected chi connectivity index (χ1v) is 5.52. The number of carbonyl (C=O) groups is 4. The molecule has 6 heteroatoms. The molecule has 1 spiro atoms. The molecule has 2 aliphatic rings. The summed E-state index contributed by atoms with van der Waals surface area (Å²) in [6, 6.07) is -0.609. The van der Waals surface area contributed by atoms with E-state index in [4.69, 9.17) is 0 Å². The molecule has 1 heterocycles. The van der Waals surface area contributed by atoms with Gasteiger partial charge in [0.1, 0.15) is 11.2 Å². The third-order valence-electron chi connectivity index (χ3n) is 3.66. The Balaban J connectivity index is 2.38. The van der Waals surface area contributed by atoms with Crippen molar-refractivity contribution in [2.75, 3.05) is 14.1 Å². The predicted molar refractivity (Wildman–Crippen MR) is 56.8 cm³/mol. The van der Waals surface area contributed by atoms with Gasteiger partial charge in [-0.15, -0.1) is 0 Å². The minimum Gasteiger partial charge on any atom is -0.300 e. The Morgan fingerprint density at radius 3 is 1.71 bits per heavy atom. The number of Topliss-reactive ketones (excluding diaryl/α,β-unsaturated/α-hetero) is 1. The number of barbiturate groups is 1. The number of imide groups is 2. The first kappa shape index (κ1) is 11.8. The van der Waals surface area contributed by atoms with Crippen LogP contribution in [-0.4, -0.2) is 47.5 Å². The molecule has 2 fully saturated rings. The van der Waals surface area contributed by atoms with Crippen molar-refractivity contribution in [1.82, 2.24) is 9.80 Å². The van der Waals surface area contributed by atoms with Crippen LogP contribution in [0, 0.1) is 5.41 Å². The standard InChI is InChI=1S/C11H14N2O4/c1-12-8(15)11(5-3-7(14)4-6-11)9(16)13(2)10(12)17/h3-6H2,1-2H3. The second-order valence-electron chi connectivity index (χ2n) is 4.63. The Labute approximate surface area is 98.5 Å². The van der Waals surface area contributed by atoms with Gasteiger partial charge in [0.05, 0.1) is 0 Å². The maximum Gasteiger partial charge on any atom is 0.332 e. The highest BCUT2D eigenvalue weighted by Crippen LogP contribution is 2.40. The number of amides is 4. The third kappa shape index (κ3) is 1.47. The van der Waals surface area contributed by atoms with E-state index >= 15 is 0 Å². The Morgan fingerprint density at radius 1 is 0.882 bits per heavy atom. The summed E-state index contributed by atoms with van der Waals surface area (Å²) in [6.45, 7) is 0. The molecule has 1 saturated carbocycles. The summed E-state index contributed by atoms with van der Waals surface area (Å²) in [6.07, 6.45) is 0.887. The molecule has 1 aliphatic heterocycles. The number of rotatable bonds is 0. The minimum atomic E-state index is -1.19. The van der Waals surface area contributed by atoms with E-state index in [1.807, 2.05) is 0 Å². The molecule has 0 aromatic carbocycles. The van der Waals surface area contributed by atoms with Gasteiger partial charge in [0, 0.05) is 26.9 Å². The second-order valence-corrected chi connectivity index (χ2v) is 4.63. The van der Waals surface area contributed by atoms with E-state index in [1.54, 1.807) is 0 Å². The van der Waals surface area contributed by atoms with Crippen molar-refractivity contribution in [3.05, 3.63) is 0 Å². The Hall–Kier alpha value is -1.72. The SMILES string of the molecule is CN1C(=O)N(C)C(=O)C2(CCC(=O)CC2)C1=O. The third-order valence-corrected chi connectivity index (χ3v) is 3.66. The second kappa shape index (κ2) is 3.65. The molecule has 1 saturated heterocycles. The zero-order valence-corrected chi connectivity index (χ0v) is 9.86. The van der Waals surface area contributed by atoms with Crippen LogP contribution in [0.25, 0.3) is 0 Å². The maximum absolute atomic E-state index is 12.1. The number of hydrogen-bond donors (Lipinski definition) is 0. The largest absolute Gasteiger partial charge is 0.332 e. The monoisotopic (exact) mass is 238 g/mol. The fourth-order valence-corrected chi connectivity index (χ4v) is 2.52. The van der Waals surface area contributed by atoms with Gasteiger partial charge in [0.15, 0.2) is 0 Å². The molecule has 0 aromatic heterocycles. The van der Waals surface area contributed by atoms with Gasteiger partial charge in [-0.25, -0.2) is 4.79 Å². The van der Waals surface area contributed by atoms with E-state index in [0.29, 0.717) is 0 Å². The summed E-state index contributed by atoms with van der Waals surface area (Å²) in [5.74, 6) is -0.880. The van der Waals surface area contributed by atoms with E-state index in [2.05, 4.69) is 0 Å². The van der Waals surface area contributed by atoms with Crippen molar-refractivity contribution in [2.24, 2.45) is 5.41 Å². The van der Waals surface area contributed by atoms with Crippen LogP contribution in [-0.2, 0) is 14.4 Å². The zero-order chi connectivity index (χ0) is 12.8. The van der Waals surface area contributed by atoms with E-state index in [9.17, 15) is 19.2 Å². The molecule has 0 atom stereocenters. The lowest BCUT2D eigenvalue weighted by Gasteiger charge is -2.43. The number of ketones is 1. The smallest absolute Gasteiger partial charge is 0.300 e. The number of carbonyl (C=O) groups excluding carboxylic acids is 4. The van der Waals surface area contributed by atoms with Gasteiger partial charge in [-0.3, -0.25) is 24.2 Å². The van der Waals surface area contributed by atoms with Crippen LogP contribution in [0.15, 0.2) is 0 Å². The molecular weight excluding hydrogens is 224 g/mol. The Kier molecular flexibility index (Phi) is 2.52. The van der Waals surface area contributed by atoms with Crippen LogP contribution in [0.2, 0.25) is 0 Å². The van der Waals surface area contributed by atoms with Crippen LogP contribution in [0.1, 0.15) is 25.7 Å². The zero-order valence-electron chi connectivity index (χ0n) is 9.86. The minimum absolute atomic E-state index is 0.0680. The first-order chi connectivity index (χ1) is 7.90. The molecule has 0 unspecified atom stereocenters. The van der Waals surface area contributed by atoms with Gasteiger partial charge in [-0.05, 0) is 12.8 Å². The maximum atomic E-state index is 12.1. The highest BCUT2D eigenvalue weighted by atomic mass is 16.2. The Bertz CT molecular complexity index is 393. The van der Waals surface area contributed by atoms with Crippen LogP contribution in [0.3, 0.4) is 0 Å². The highest BCUT2D eigenvalue weighted by Gasteiger charge is 2.56. The molecule has 0 bridgehead atoms. The van der Waals surface area contributed by atoms with E-state index in [0.717, 1.165) is 9.80 Å². The molecular formula is C11H14N2O4. The van der Waals surface area contributed by atoms with Crippen LogP contribution >= 0.6 is 0 Å². The molecule has 0 radical (unpaired) electrons. The Morgan fingerprint density at radius 2 is 1.29 bits per heavy atom. The number of hydrogen-bond acceptors (Lipinski definition) is 4. The summed E-state index contributed by atoms with van der Waals surface area (Å²) in [4.78, 5) is 49.0. The van der Waals surface area contributed by atoms with Crippen molar-refractivity contribution in [2.45, 2.75) is 25.7 Å². The summed E-state index contributed by atoms with van der Waals surface area (Å²) in [7, 11) is 2.73. The normalized spacial score (nSPS) is 24.8. The average Bonchev–Trinajstić information content (AvgIpc) is 2.34. The molecule has 2 rings (SSSR count). The molecule has 0 aromatic rings. The van der Waals surface area contributed by atoms with E-state index in [-0.39, 0.29) is 31.5 Å². The molecule has 0 N–H and O–H groups in total. The van der Waals surface area contributed by atoms with Gasteiger partial charge in [0.25, 0.3) is 0 Å². The number of nitrogens with zero attached hydrogens (tertiary/aromatic N) is 2. The van der Waals surface area contributed by atoms with Crippen molar-refractivity contribution in [3.8, 4) is 0 Å². The van der Waals surface area contributed by atoms with E-state index < -0.39 is 23.3 Å². The molecule has 1 aliphatic carbocycles. The average molecular weight is 238 g/mol. The predicted octanol–water partition coefficient (Wildman–Crippen LogP) is 0.166. The fourth-order valence-electron chi connectivity index (χ4n) is 2.52. The molecule has 92 valence electrons. The van der Waals surface area contributed by atoms with Gasteiger partial charge < -0.3 is 0 Å². The quantitative estimate of drug-likeness (QED) is 0.564. The molecule has 4 amide bonds. The lowest BCUT2D eigenvalue weighted by molar-refractivity contribution is -0.160. The fraction of sp³-hybridized carbons (Fsp3) is 0.636. The molecule has 17 heavy (non-hydrogen) atoms. The lowest BCUT2D eigenvalue weighted by Crippen LogP contribution is -2.63. The van der Waals surface area contributed by atoms with Crippen LogP contribution in [0.4, 0.5) is 4.79 Å². The van der Waals surface area contributed by atoms with Crippen molar-refractivity contribution in [3.63, 3.8) is 0 Å².